The molecule has 0 aliphatic carbocycles. The molecular weight excluding hydrogens is 530 g/mol. The van der Waals surface area contributed by atoms with Gasteiger partial charge in [0.1, 0.15) is 11.1 Å². The van der Waals surface area contributed by atoms with Crippen molar-refractivity contribution in [3.05, 3.63) is 64.4 Å². The van der Waals surface area contributed by atoms with Gasteiger partial charge in [-0.15, -0.1) is 0 Å². The molecule has 11 nitrogen and oxygen atoms in total. The first-order valence-electron chi connectivity index (χ1n) is 13.4. The number of hydrogen-bond acceptors (Lipinski definition) is 9. The lowest BCUT2D eigenvalue weighted by Gasteiger charge is -2.21. The van der Waals surface area contributed by atoms with Crippen LogP contribution in [0.2, 0.25) is 0 Å². The molecule has 11 heteroatoms. The Morgan fingerprint density at radius 3 is 2.68 bits per heavy atom. The molecule has 1 aliphatic rings. The Morgan fingerprint density at radius 2 is 1.93 bits per heavy atom. The molecule has 2 aromatic heterocycles. The van der Waals surface area contributed by atoms with E-state index in [0.717, 1.165) is 19.4 Å². The van der Waals surface area contributed by atoms with Crippen molar-refractivity contribution in [1.82, 2.24) is 9.55 Å². The van der Waals surface area contributed by atoms with E-state index in [1.165, 1.54) is 19.4 Å². The van der Waals surface area contributed by atoms with Gasteiger partial charge in [-0.1, -0.05) is 0 Å². The van der Waals surface area contributed by atoms with Gasteiger partial charge in [0.25, 0.3) is 6.01 Å². The summed E-state index contributed by atoms with van der Waals surface area (Å²) in [5.41, 5.74) is 1.97. The standard InChI is InChI=1S/C30H33N3O8/c1-37-12-5-13-40-26-10-7-19(14-28(26)39-3)24-16-25(34)22(29(35)36)17-33(24)20-8-9-23-27(15-20)41-30(31-23)32-11-4-6-21(32)18-38-2/h7-10,14-17,21H,4-6,11-13,18H2,1-3H3,(H,35,36)/t21-/m1/s1. The van der Waals surface area contributed by atoms with E-state index in [1.54, 1.807) is 43.1 Å². The maximum atomic E-state index is 12.8. The molecule has 1 atom stereocenters. The van der Waals surface area contributed by atoms with Gasteiger partial charge in [-0.05, 0) is 43.2 Å². The maximum Gasteiger partial charge on any atom is 0.341 e. The van der Waals surface area contributed by atoms with E-state index in [-0.39, 0.29) is 11.6 Å². The van der Waals surface area contributed by atoms with Crippen molar-refractivity contribution in [1.29, 1.82) is 0 Å². The summed E-state index contributed by atoms with van der Waals surface area (Å²) in [4.78, 5) is 31.5. The minimum atomic E-state index is -1.31. The lowest BCUT2D eigenvalue weighted by molar-refractivity contribution is 0.0695. The topological polar surface area (TPSA) is 125 Å². The average Bonchev–Trinajstić information content (AvgIpc) is 3.61. The van der Waals surface area contributed by atoms with E-state index in [9.17, 15) is 14.7 Å². The van der Waals surface area contributed by atoms with E-state index in [1.807, 2.05) is 12.1 Å². The molecule has 0 radical (unpaired) electrons. The van der Waals surface area contributed by atoms with Crippen molar-refractivity contribution < 1.29 is 33.3 Å². The van der Waals surface area contributed by atoms with Crippen LogP contribution in [0.5, 0.6) is 11.5 Å². The number of pyridine rings is 1. The van der Waals surface area contributed by atoms with Gasteiger partial charge in [0.15, 0.2) is 22.5 Å². The van der Waals surface area contributed by atoms with Crippen LogP contribution >= 0.6 is 0 Å². The maximum absolute atomic E-state index is 12.8. The molecule has 1 fully saturated rings. The van der Waals surface area contributed by atoms with Crippen molar-refractivity contribution in [3.8, 4) is 28.4 Å². The molecule has 0 spiro atoms. The number of nitrogens with zero attached hydrogens (tertiary/aromatic N) is 3. The van der Waals surface area contributed by atoms with E-state index in [4.69, 9.17) is 23.4 Å². The number of benzene rings is 2. The Labute approximate surface area is 236 Å². The third-order valence-electron chi connectivity index (χ3n) is 7.11. The first-order chi connectivity index (χ1) is 19.9. The van der Waals surface area contributed by atoms with Gasteiger partial charge in [0.2, 0.25) is 0 Å². The Balaban J connectivity index is 1.56. The summed E-state index contributed by atoms with van der Waals surface area (Å²) in [6, 6.07) is 12.8. The first-order valence-corrected chi connectivity index (χ1v) is 13.4. The van der Waals surface area contributed by atoms with Crippen LogP contribution in [0.25, 0.3) is 28.0 Å². The molecule has 0 unspecified atom stereocenters. The van der Waals surface area contributed by atoms with Crippen LogP contribution in [0, 0.1) is 0 Å². The van der Waals surface area contributed by atoms with Gasteiger partial charge < -0.3 is 37.9 Å². The van der Waals surface area contributed by atoms with Crippen LogP contribution in [0.15, 0.2) is 57.9 Å². The number of anilines is 1. The Hall–Kier alpha value is -4.35. The van der Waals surface area contributed by atoms with Crippen LogP contribution in [0.4, 0.5) is 6.01 Å². The molecule has 41 heavy (non-hydrogen) atoms. The minimum absolute atomic E-state index is 0.193. The quantitative estimate of drug-likeness (QED) is 0.248. The number of oxazole rings is 1. The summed E-state index contributed by atoms with van der Waals surface area (Å²) in [6.07, 6.45) is 4.07. The third kappa shape index (κ3) is 5.91. The van der Waals surface area contributed by atoms with Gasteiger partial charge in [0.05, 0.1) is 32.1 Å². The Kier molecular flexibility index (Phi) is 8.55. The SMILES string of the molecule is COCCCOc1ccc(-c2cc(=O)c(C(=O)O)cn2-c2ccc3nc(N4CCC[C@@H]4COC)oc3c2)cc1OC. The summed E-state index contributed by atoms with van der Waals surface area (Å²) in [5, 5.41) is 9.70. The number of aromatic carboxylic acids is 1. The zero-order valence-corrected chi connectivity index (χ0v) is 23.3. The van der Waals surface area contributed by atoms with Crippen LogP contribution < -0.4 is 19.8 Å². The summed E-state index contributed by atoms with van der Waals surface area (Å²) >= 11 is 0. The highest BCUT2D eigenvalue weighted by Gasteiger charge is 2.28. The molecule has 1 N–H and O–H groups in total. The lowest BCUT2D eigenvalue weighted by atomic mass is 10.1. The third-order valence-corrected chi connectivity index (χ3v) is 7.11. The van der Waals surface area contributed by atoms with Gasteiger partial charge >= 0.3 is 5.97 Å². The lowest BCUT2D eigenvalue weighted by Crippen LogP contribution is -2.32. The smallest absolute Gasteiger partial charge is 0.341 e. The minimum Gasteiger partial charge on any atom is -0.493 e. The van der Waals surface area contributed by atoms with Crippen molar-refractivity contribution in [2.75, 3.05) is 52.6 Å². The number of hydrogen-bond donors (Lipinski definition) is 1. The average molecular weight is 564 g/mol. The first kappa shape index (κ1) is 28.2. The van der Waals surface area contributed by atoms with Crippen molar-refractivity contribution in [2.24, 2.45) is 0 Å². The van der Waals surface area contributed by atoms with E-state index in [0.29, 0.717) is 71.8 Å². The van der Waals surface area contributed by atoms with E-state index >= 15 is 0 Å². The number of carboxylic acid groups (broad SMARTS) is 1. The predicted octanol–water partition coefficient (Wildman–Crippen LogP) is 4.38. The normalized spacial score (nSPS) is 15.0. The van der Waals surface area contributed by atoms with Crippen molar-refractivity contribution in [2.45, 2.75) is 25.3 Å². The predicted molar refractivity (Wildman–Crippen MR) is 153 cm³/mol. The molecule has 3 heterocycles. The van der Waals surface area contributed by atoms with E-state index < -0.39 is 11.4 Å². The van der Waals surface area contributed by atoms with Gasteiger partial charge in [-0.3, -0.25) is 4.79 Å². The zero-order valence-electron chi connectivity index (χ0n) is 23.3. The second kappa shape index (κ2) is 12.4. The largest absolute Gasteiger partial charge is 0.493 e. The molecular formula is C30H33N3O8. The Bertz CT molecular complexity index is 1590. The number of carbonyl (C=O) groups is 1. The highest BCUT2D eigenvalue weighted by Crippen LogP contribution is 2.34. The Morgan fingerprint density at radius 1 is 1.07 bits per heavy atom. The van der Waals surface area contributed by atoms with Crippen LogP contribution in [-0.2, 0) is 9.47 Å². The van der Waals surface area contributed by atoms with Crippen LogP contribution in [0.1, 0.15) is 29.6 Å². The number of rotatable bonds is 12. The second-order valence-corrected chi connectivity index (χ2v) is 9.77. The summed E-state index contributed by atoms with van der Waals surface area (Å²) in [5.74, 6) is -0.283. The number of carboxylic acids is 1. The number of methoxy groups -OCH3 is 3. The molecule has 1 saturated heterocycles. The van der Waals surface area contributed by atoms with Crippen molar-refractivity contribution >= 4 is 23.1 Å². The molecule has 1 aliphatic heterocycles. The molecule has 0 amide bonds. The van der Waals surface area contributed by atoms with Crippen LogP contribution in [-0.4, -0.2) is 74.4 Å². The van der Waals surface area contributed by atoms with Gasteiger partial charge in [0, 0.05) is 63.4 Å². The fourth-order valence-electron chi connectivity index (χ4n) is 5.09. The highest BCUT2D eigenvalue weighted by molar-refractivity contribution is 5.88. The van der Waals surface area contributed by atoms with Gasteiger partial charge in [-0.25, -0.2) is 4.79 Å². The summed E-state index contributed by atoms with van der Waals surface area (Å²) < 4.78 is 29.7. The molecule has 0 saturated carbocycles. The molecule has 5 rings (SSSR count). The highest BCUT2D eigenvalue weighted by atomic mass is 16.5. The monoisotopic (exact) mass is 563 g/mol. The van der Waals surface area contributed by atoms with Crippen LogP contribution in [0.3, 0.4) is 0 Å². The summed E-state index contributed by atoms with van der Waals surface area (Å²) in [6.45, 7) is 2.44. The number of ether oxygens (including phenoxy) is 4. The number of fused-ring (bicyclic) bond motifs is 1. The molecule has 0 bridgehead atoms. The number of aromatic nitrogens is 2. The van der Waals surface area contributed by atoms with E-state index in [2.05, 4.69) is 9.88 Å². The zero-order chi connectivity index (χ0) is 28.9. The fraction of sp³-hybridized carbons (Fsp3) is 0.367. The fourth-order valence-corrected chi connectivity index (χ4v) is 5.09. The molecule has 2 aromatic carbocycles. The second-order valence-electron chi connectivity index (χ2n) is 9.77. The molecule has 216 valence electrons. The summed E-state index contributed by atoms with van der Waals surface area (Å²) in [7, 11) is 4.85. The molecule has 4 aromatic rings. The van der Waals surface area contributed by atoms with Crippen molar-refractivity contribution in [3.63, 3.8) is 0 Å². The van der Waals surface area contributed by atoms with Gasteiger partial charge in [-0.2, -0.15) is 4.98 Å².